The van der Waals surface area contributed by atoms with E-state index in [9.17, 15) is 0 Å². The van der Waals surface area contributed by atoms with Gasteiger partial charge in [-0.15, -0.1) is 0 Å². The maximum atomic E-state index is 5.48. The fraction of sp³-hybridized carbons (Fsp3) is 1.00. The third-order valence-corrected chi connectivity index (χ3v) is 6.66. The molecule has 0 aromatic carbocycles. The fourth-order valence-electron chi connectivity index (χ4n) is 3.96. The van der Waals surface area contributed by atoms with Crippen molar-refractivity contribution in [1.29, 1.82) is 0 Å². The van der Waals surface area contributed by atoms with Crippen LogP contribution in [0.25, 0.3) is 0 Å². The molecule has 0 aliphatic carbocycles. The first-order valence-electron chi connectivity index (χ1n) is 12.9. The Labute approximate surface area is 184 Å². The lowest BCUT2D eigenvalue weighted by Gasteiger charge is -2.22. The van der Waals surface area contributed by atoms with Gasteiger partial charge in [0.25, 0.3) is 0 Å². The SMILES string of the molecule is COC(C)(C)CCCCCCCCCCCCCCCCCCCC(C)(C)OC. The summed E-state index contributed by atoms with van der Waals surface area (Å²) < 4.78 is 11.0. The molecule has 176 valence electrons. The molecule has 0 amide bonds. The number of ether oxygens (including phenoxy) is 2. The van der Waals surface area contributed by atoms with Crippen molar-refractivity contribution in [3.8, 4) is 0 Å². The van der Waals surface area contributed by atoms with Gasteiger partial charge in [0.1, 0.15) is 0 Å². The highest BCUT2D eigenvalue weighted by Gasteiger charge is 2.15. The summed E-state index contributed by atoms with van der Waals surface area (Å²) in [5.74, 6) is 0. The predicted octanol–water partition coefficient (Wildman–Crippen LogP) is 9.25. The molecule has 0 bridgehead atoms. The molecule has 0 spiro atoms. The van der Waals surface area contributed by atoms with E-state index >= 15 is 0 Å². The number of unbranched alkanes of at least 4 members (excludes halogenated alkanes) is 16. The number of methoxy groups -OCH3 is 2. The van der Waals surface area contributed by atoms with Crippen molar-refractivity contribution in [3.05, 3.63) is 0 Å². The lowest BCUT2D eigenvalue weighted by molar-refractivity contribution is 0.0131. The smallest absolute Gasteiger partial charge is 0.0622 e. The van der Waals surface area contributed by atoms with E-state index in [1.165, 1.54) is 122 Å². The van der Waals surface area contributed by atoms with Crippen LogP contribution in [0.4, 0.5) is 0 Å². The van der Waals surface area contributed by atoms with E-state index in [1.54, 1.807) is 0 Å². The Morgan fingerprint density at radius 2 is 0.517 bits per heavy atom. The van der Waals surface area contributed by atoms with E-state index in [0.29, 0.717) is 0 Å². The summed E-state index contributed by atoms with van der Waals surface area (Å²) >= 11 is 0. The molecular weight excluding hydrogens is 356 g/mol. The number of rotatable bonds is 22. The predicted molar refractivity (Wildman–Crippen MR) is 130 cm³/mol. The Morgan fingerprint density at radius 3 is 0.690 bits per heavy atom. The Morgan fingerprint density at radius 1 is 0.345 bits per heavy atom. The van der Waals surface area contributed by atoms with E-state index in [2.05, 4.69) is 27.7 Å². The molecule has 0 heterocycles. The lowest BCUT2D eigenvalue weighted by Crippen LogP contribution is -2.21. The topological polar surface area (TPSA) is 18.5 Å². The summed E-state index contributed by atoms with van der Waals surface area (Å²) in [7, 11) is 3.65. The van der Waals surface area contributed by atoms with Crippen molar-refractivity contribution in [2.45, 2.75) is 161 Å². The zero-order valence-corrected chi connectivity index (χ0v) is 21.3. The molecule has 0 unspecified atom stereocenters. The highest BCUT2D eigenvalue weighted by Crippen LogP contribution is 2.20. The molecule has 29 heavy (non-hydrogen) atoms. The van der Waals surface area contributed by atoms with Crippen LogP contribution in [0.1, 0.15) is 150 Å². The molecular formula is C27H56O2. The van der Waals surface area contributed by atoms with Crippen LogP contribution in [0, 0.1) is 0 Å². The summed E-state index contributed by atoms with van der Waals surface area (Å²) in [6.07, 6.45) is 26.5. The van der Waals surface area contributed by atoms with Gasteiger partial charge in [0, 0.05) is 14.2 Å². The summed E-state index contributed by atoms with van der Waals surface area (Å²) in [6, 6.07) is 0. The van der Waals surface area contributed by atoms with E-state index in [-0.39, 0.29) is 11.2 Å². The van der Waals surface area contributed by atoms with Crippen molar-refractivity contribution in [2.75, 3.05) is 14.2 Å². The van der Waals surface area contributed by atoms with Crippen LogP contribution in [0.3, 0.4) is 0 Å². The summed E-state index contributed by atoms with van der Waals surface area (Å²) in [6.45, 7) is 8.78. The molecule has 0 aromatic heterocycles. The minimum atomic E-state index is 0.0710. The van der Waals surface area contributed by atoms with E-state index < -0.39 is 0 Å². The molecule has 0 saturated carbocycles. The van der Waals surface area contributed by atoms with Crippen LogP contribution in [-0.2, 0) is 9.47 Å². The highest BCUT2D eigenvalue weighted by molar-refractivity contribution is 4.67. The number of hydrogen-bond acceptors (Lipinski definition) is 2. The molecule has 0 radical (unpaired) electrons. The Balaban J connectivity index is 3.14. The van der Waals surface area contributed by atoms with Gasteiger partial charge in [-0.05, 0) is 40.5 Å². The fourth-order valence-corrected chi connectivity index (χ4v) is 3.96. The summed E-state index contributed by atoms with van der Waals surface area (Å²) in [4.78, 5) is 0. The van der Waals surface area contributed by atoms with Crippen molar-refractivity contribution in [1.82, 2.24) is 0 Å². The van der Waals surface area contributed by atoms with Crippen molar-refractivity contribution in [3.63, 3.8) is 0 Å². The average Bonchev–Trinajstić information content (AvgIpc) is 2.69. The molecule has 0 aromatic rings. The maximum Gasteiger partial charge on any atom is 0.0622 e. The molecule has 0 N–H and O–H groups in total. The second-order valence-corrected chi connectivity index (χ2v) is 10.4. The van der Waals surface area contributed by atoms with E-state index in [0.717, 1.165) is 0 Å². The van der Waals surface area contributed by atoms with Gasteiger partial charge in [-0.1, -0.05) is 109 Å². The van der Waals surface area contributed by atoms with Crippen LogP contribution in [-0.4, -0.2) is 25.4 Å². The van der Waals surface area contributed by atoms with Gasteiger partial charge in [0.15, 0.2) is 0 Å². The van der Waals surface area contributed by atoms with E-state index in [1.807, 2.05) is 14.2 Å². The van der Waals surface area contributed by atoms with Gasteiger partial charge >= 0.3 is 0 Å². The second kappa shape index (κ2) is 18.7. The van der Waals surface area contributed by atoms with Gasteiger partial charge in [-0.3, -0.25) is 0 Å². The average molecular weight is 413 g/mol. The summed E-state index contributed by atoms with van der Waals surface area (Å²) in [5.41, 5.74) is 0.142. The minimum absolute atomic E-state index is 0.0710. The van der Waals surface area contributed by atoms with Crippen molar-refractivity contribution >= 4 is 0 Å². The van der Waals surface area contributed by atoms with Crippen molar-refractivity contribution < 1.29 is 9.47 Å². The van der Waals surface area contributed by atoms with Gasteiger partial charge in [-0.2, -0.15) is 0 Å². The van der Waals surface area contributed by atoms with Gasteiger partial charge in [0.2, 0.25) is 0 Å². The second-order valence-electron chi connectivity index (χ2n) is 10.4. The molecule has 0 aliphatic rings. The van der Waals surface area contributed by atoms with Gasteiger partial charge in [-0.25, -0.2) is 0 Å². The van der Waals surface area contributed by atoms with Crippen LogP contribution in [0.15, 0.2) is 0 Å². The largest absolute Gasteiger partial charge is 0.379 e. The molecule has 2 heteroatoms. The highest BCUT2D eigenvalue weighted by atomic mass is 16.5. The van der Waals surface area contributed by atoms with Crippen LogP contribution in [0.5, 0.6) is 0 Å². The number of hydrogen-bond donors (Lipinski definition) is 0. The van der Waals surface area contributed by atoms with E-state index in [4.69, 9.17) is 9.47 Å². The lowest BCUT2D eigenvalue weighted by atomic mass is 9.98. The molecule has 0 atom stereocenters. The van der Waals surface area contributed by atoms with Gasteiger partial charge in [0.05, 0.1) is 11.2 Å². The molecule has 0 aliphatic heterocycles. The third-order valence-electron chi connectivity index (χ3n) is 6.66. The zero-order valence-electron chi connectivity index (χ0n) is 21.3. The van der Waals surface area contributed by atoms with Crippen LogP contribution >= 0.6 is 0 Å². The normalized spacial score (nSPS) is 12.6. The molecule has 0 fully saturated rings. The minimum Gasteiger partial charge on any atom is -0.379 e. The standard InChI is InChI=1S/C27H56O2/c1-26(2,28-5)24-22-20-18-16-14-12-10-8-7-9-11-13-15-17-19-21-23-25-27(3,4)29-6/h7-25H2,1-6H3. The maximum absolute atomic E-state index is 5.48. The first-order valence-corrected chi connectivity index (χ1v) is 12.9. The zero-order chi connectivity index (χ0) is 21.8. The Kier molecular flexibility index (Phi) is 18.6. The first kappa shape index (κ1) is 28.9. The molecule has 0 saturated heterocycles. The van der Waals surface area contributed by atoms with Crippen molar-refractivity contribution in [2.24, 2.45) is 0 Å². The Bertz CT molecular complexity index is 303. The van der Waals surface area contributed by atoms with Crippen LogP contribution in [0.2, 0.25) is 0 Å². The summed E-state index contributed by atoms with van der Waals surface area (Å²) in [5, 5.41) is 0. The molecule has 2 nitrogen and oxygen atoms in total. The monoisotopic (exact) mass is 412 g/mol. The van der Waals surface area contributed by atoms with Crippen LogP contribution < -0.4 is 0 Å². The Hall–Kier alpha value is -0.0800. The third kappa shape index (κ3) is 21.0. The first-order chi connectivity index (χ1) is 13.8. The molecule has 0 rings (SSSR count). The van der Waals surface area contributed by atoms with Gasteiger partial charge < -0.3 is 9.47 Å². The quantitative estimate of drug-likeness (QED) is 0.165.